The SMILES string of the molecule is C=C1CC[C@@H]2C(C)(C)CCC[C@@]2(C)[C@@H]1C[C@@H]1O[C@@H](OC)C[C@@H]1C=O. The first kappa shape index (κ1) is 18.1. The molecule has 24 heavy (non-hydrogen) atoms. The third-order valence-corrected chi connectivity index (χ3v) is 7.49. The van der Waals surface area contributed by atoms with E-state index < -0.39 is 0 Å². The molecule has 2 saturated carbocycles. The van der Waals surface area contributed by atoms with Crippen LogP contribution in [0.1, 0.15) is 65.7 Å². The Morgan fingerprint density at radius 1 is 1.33 bits per heavy atom. The van der Waals surface area contributed by atoms with Crippen LogP contribution in [0, 0.1) is 28.6 Å². The Bertz CT molecular complexity index is 497. The molecule has 0 aromatic rings. The first-order valence-electron chi connectivity index (χ1n) is 9.63. The van der Waals surface area contributed by atoms with Gasteiger partial charge in [0, 0.05) is 19.4 Å². The van der Waals surface area contributed by atoms with E-state index in [0.29, 0.717) is 23.2 Å². The van der Waals surface area contributed by atoms with Crippen LogP contribution in [-0.4, -0.2) is 25.8 Å². The zero-order valence-electron chi connectivity index (χ0n) is 15.8. The Balaban J connectivity index is 1.82. The van der Waals surface area contributed by atoms with Crippen LogP contribution in [0.3, 0.4) is 0 Å². The highest BCUT2D eigenvalue weighted by molar-refractivity contribution is 5.55. The van der Waals surface area contributed by atoms with Crippen molar-refractivity contribution in [2.24, 2.45) is 28.6 Å². The Kier molecular flexibility index (Phi) is 4.96. The summed E-state index contributed by atoms with van der Waals surface area (Å²) in [5.74, 6) is 1.16. The Hall–Kier alpha value is -0.670. The molecule has 3 rings (SSSR count). The number of rotatable bonds is 4. The van der Waals surface area contributed by atoms with E-state index in [-0.39, 0.29) is 18.3 Å². The third-order valence-electron chi connectivity index (χ3n) is 7.49. The maximum absolute atomic E-state index is 11.5. The maximum atomic E-state index is 11.5. The zero-order valence-corrected chi connectivity index (χ0v) is 15.8. The second kappa shape index (κ2) is 6.57. The van der Waals surface area contributed by atoms with Gasteiger partial charge in [-0.25, -0.2) is 0 Å². The molecular formula is C21H34O3. The molecule has 136 valence electrons. The number of methoxy groups -OCH3 is 1. The van der Waals surface area contributed by atoms with Crippen molar-refractivity contribution >= 4 is 6.29 Å². The van der Waals surface area contributed by atoms with Gasteiger partial charge in [-0.05, 0) is 54.8 Å². The van der Waals surface area contributed by atoms with Crippen molar-refractivity contribution in [2.75, 3.05) is 7.11 Å². The van der Waals surface area contributed by atoms with Gasteiger partial charge in [0.15, 0.2) is 6.29 Å². The van der Waals surface area contributed by atoms with E-state index in [1.165, 1.54) is 31.3 Å². The van der Waals surface area contributed by atoms with Gasteiger partial charge in [0.25, 0.3) is 0 Å². The van der Waals surface area contributed by atoms with Crippen LogP contribution in [-0.2, 0) is 14.3 Å². The lowest BCUT2D eigenvalue weighted by Gasteiger charge is -2.58. The van der Waals surface area contributed by atoms with Gasteiger partial charge in [-0.15, -0.1) is 0 Å². The first-order chi connectivity index (χ1) is 11.3. The standard InChI is InChI=1S/C21H34O3/c1-14-7-8-18-20(2,3)9-6-10-21(18,4)16(14)12-17-15(13-22)11-19(23-5)24-17/h13,15-19H,1,6-12H2,2-5H3/t15-,16-,17+,18-,19-,21+/m1/s1. The van der Waals surface area contributed by atoms with Crippen LogP contribution in [0.4, 0.5) is 0 Å². The van der Waals surface area contributed by atoms with Crippen LogP contribution in [0.2, 0.25) is 0 Å². The molecule has 0 aromatic heterocycles. The van der Waals surface area contributed by atoms with Crippen LogP contribution in [0.15, 0.2) is 12.2 Å². The summed E-state index contributed by atoms with van der Waals surface area (Å²) in [7, 11) is 1.66. The molecule has 3 heteroatoms. The van der Waals surface area contributed by atoms with Crippen molar-refractivity contribution in [2.45, 2.75) is 78.1 Å². The lowest BCUT2D eigenvalue weighted by atomic mass is 9.47. The highest BCUT2D eigenvalue weighted by Crippen LogP contribution is 2.62. The van der Waals surface area contributed by atoms with Gasteiger partial charge in [0.2, 0.25) is 0 Å². The van der Waals surface area contributed by atoms with E-state index in [1.807, 2.05) is 0 Å². The average Bonchev–Trinajstić information content (AvgIpc) is 2.92. The summed E-state index contributed by atoms with van der Waals surface area (Å²) in [6, 6.07) is 0. The molecule has 0 aromatic carbocycles. The molecule has 0 bridgehead atoms. The fourth-order valence-corrected chi connectivity index (χ4v) is 6.19. The lowest BCUT2D eigenvalue weighted by Crippen LogP contribution is -2.50. The van der Waals surface area contributed by atoms with E-state index >= 15 is 0 Å². The van der Waals surface area contributed by atoms with Crippen molar-refractivity contribution in [1.29, 1.82) is 0 Å². The summed E-state index contributed by atoms with van der Waals surface area (Å²) >= 11 is 0. The average molecular weight is 335 g/mol. The molecule has 0 spiro atoms. The summed E-state index contributed by atoms with van der Waals surface area (Å²) < 4.78 is 11.4. The largest absolute Gasteiger partial charge is 0.356 e. The van der Waals surface area contributed by atoms with E-state index in [2.05, 4.69) is 27.4 Å². The summed E-state index contributed by atoms with van der Waals surface area (Å²) in [5, 5.41) is 0. The van der Waals surface area contributed by atoms with Crippen molar-refractivity contribution < 1.29 is 14.3 Å². The smallest absolute Gasteiger partial charge is 0.158 e. The monoisotopic (exact) mass is 334 g/mol. The summed E-state index contributed by atoms with van der Waals surface area (Å²) in [4.78, 5) is 11.5. The molecule has 3 nitrogen and oxygen atoms in total. The van der Waals surface area contributed by atoms with E-state index in [4.69, 9.17) is 9.47 Å². The number of carbonyl (C=O) groups excluding carboxylic acids is 1. The molecular weight excluding hydrogens is 300 g/mol. The molecule has 1 aliphatic heterocycles. The number of hydrogen-bond donors (Lipinski definition) is 0. The normalized spacial score (nSPS) is 45.0. The van der Waals surface area contributed by atoms with Crippen molar-refractivity contribution in [3.63, 3.8) is 0 Å². The Morgan fingerprint density at radius 2 is 2.08 bits per heavy atom. The summed E-state index contributed by atoms with van der Waals surface area (Å²) in [6.07, 6.45) is 8.73. The number of ether oxygens (including phenoxy) is 2. The van der Waals surface area contributed by atoms with Gasteiger partial charge < -0.3 is 14.3 Å². The van der Waals surface area contributed by atoms with E-state index in [0.717, 1.165) is 25.0 Å². The highest BCUT2D eigenvalue weighted by Gasteiger charge is 2.54. The Morgan fingerprint density at radius 3 is 2.75 bits per heavy atom. The number of aldehydes is 1. The fraction of sp³-hybridized carbons (Fsp3) is 0.857. The van der Waals surface area contributed by atoms with Crippen molar-refractivity contribution in [3.05, 3.63) is 12.2 Å². The maximum Gasteiger partial charge on any atom is 0.158 e. The molecule has 6 atom stereocenters. The predicted molar refractivity (Wildman–Crippen MR) is 95.6 cm³/mol. The topological polar surface area (TPSA) is 35.5 Å². The minimum Gasteiger partial charge on any atom is -0.356 e. The molecule has 3 fully saturated rings. The molecule has 1 saturated heterocycles. The summed E-state index contributed by atoms with van der Waals surface area (Å²) in [5.41, 5.74) is 2.07. The van der Waals surface area contributed by atoms with Crippen molar-refractivity contribution in [1.82, 2.24) is 0 Å². The quantitative estimate of drug-likeness (QED) is 0.550. The van der Waals surface area contributed by atoms with E-state index in [9.17, 15) is 4.79 Å². The van der Waals surface area contributed by atoms with Crippen LogP contribution < -0.4 is 0 Å². The van der Waals surface area contributed by atoms with E-state index in [1.54, 1.807) is 7.11 Å². The van der Waals surface area contributed by atoms with Gasteiger partial charge >= 0.3 is 0 Å². The van der Waals surface area contributed by atoms with Gasteiger partial charge in [-0.3, -0.25) is 0 Å². The molecule has 0 radical (unpaired) electrons. The minimum atomic E-state index is -0.228. The molecule has 3 aliphatic rings. The van der Waals surface area contributed by atoms with Gasteiger partial charge in [0.1, 0.15) is 6.29 Å². The number of fused-ring (bicyclic) bond motifs is 1. The van der Waals surface area contributed by atoms with Gasteiger partial charge in [0.05, 0.1) is 6.10 Å². The molecule has 1 heterocycles. The highest BCUT2D eigenvalue weighted by atomic mass is 16.7. The molecule has 0 N–H and O–H groups in total. The Labute approximate surface area is 147 Å². The predicted octanol–water partition coefficient (Wildman–Crippen LogP) is 4.75. The van der Waals surface area contributed by atoms with Gasteiger partial charge in [-0.2, -0.15) is 0 Å². The number of carbonyl (C=O) groups is 1. The first-order valence-corrected chi connectivity index (χ1v) is 9.63. The second-order valence-electron chi connectivity index (χ2n) is 9.26. The van der Waals surface area contributed by atoms with Crippen molar-refractivity contribution in [3.8, 4) is 0 Å². The molecule has 0 amide bonds. The number of hydrogen-bond acceptors (Lipinski definition) is 3. The zero-order chi connectivity index (χ0) is 17.5. The van der Waals surface area contributed by atoms with Crippen LogP contribution >= 0.6 is 0 Å². The minimum absolute atomic E-state index is 0.0187. The summed E-state index contributed by atoms with van der Waals surface area (Å²) in [6.45, 7) is 11.8. The third kappa shape index (κ3) is 2.99. The number of allylic oxidation sites excluding steroid dienone is 1. The molecule has 0 unspecified atom stereocenters. The lowest BCUT2D eigenvalue weighted by molar-refractivity contribution is -0.131. The second-order valence-corrected chi connectivity index (χ2v) is 9.26. The fourth-order valence-electron chi connectivity index (χ4n) is 6.19. The van der Waals surface area contributed by atoms with Gasteiger partial charge in [-0.1, -0.05) is 39.3 Å². The van der Waals surface area contributed by atoms with Crippen LogP contribution in [0.25, 0.3) is 0 Å². The van der Waals surface area contributed by atoms with Crippen LogP contribution in [0.5, 0.6) is 0 Å². The molecule has 2 aliphatic carbocycles.